The molecule has 2 N–H and O–H groups in total. The highest BCUT2D eigenvalue weighted by atomic mass is 16.2. The molecular formula is C12H11NO2. The van der Waals surface area contributed by atoms with E-state index in [1.807, 2.05) is 12.1 Å². The topological polar surface area (TPSA) is 60.2 Å². The quantitative estimate of drug-likeness (QED) is 0.698. The highest BCUT2D eigenvalue weighted by molar-refractivity contribution is 6.24. The molecule has 3 heteroatoms. The second-order valence-corrected chi connectivity index (χ2v) is 3.49. The monoisotopic (exact) mass is 201 g/mol. The number of fused-ring (bicyclic) bond motifs is 1. The summed E-state index contributed by atoms with van der Waals surface area (Å²) < 4.78 is 0. The van der Waals surface area contributed by atoms with Gasteiger partial charge in [0.15, 0.2) is 5.78 Å². The van der Waals surface area contributed by atoms with E-state index >= 15 is 0 Å². The van der Waals surface area contributed by atoms with Gasteiger partial charge in [0, 0.05) is 5.56 Å². The summed E-state index contributed by atoms with van der Waals surface area (Å²) in [5.41, 5.74) is 7.38. The standard InChI is InChI=1S/C12H11NO2/c1-2-7-8-5-3-4-6-9(8)11(14)10(7)12(13)15/h2-6,10H,1H3,(H2,13,15)/b7-2+/t10-/m0/s1. The molecule has 0 spiro atoms. The second-order valence-electron chi connectivity index (χ2n) is 3.49. The molecule has 1 aliphatic rings. The predicted molar refractivity (Wildman–Crippen MR) is 57.1 cm³/mol. The van der Waals surface area contributed by atoms with E-state index in [0.717, 1.165) is 11.1 Å². The summed E-state index contributed by atoms with van der Waals surface area (Å²) in [5, 5.41) is 0. The first kappa shape index (κ1) is 9.65. The number of Topliss-reactive ketones (excluding diaryl/α,β-unsaturated/α-hetero) is 1. The zero-order valence-electron chi connectivity index (χ0n) is 8.36. The Balaban J connectivity index is 2.64. The smallest absolute Gasteiger partial charge is 0.232 e. The minimum absolute atomic E-state index is 0.189. The van der Waals surface area contributed by atoms with Crippen LogP contribution < -0.4 is 5.73 Å². The number of carbonyl (C=O) groups is 2. The van der Waals surface area contributed by atoms with Gasteiger partial charge in [0.25, 0.3) is 0 Å². The fraction of sp³-hybridized carbons (Fsp3) is 0.167. The number of primary amides is 1. The Morgan fingerprint density at radius 1 is 1.33 bits per heavy atom. The van der Waals surface area contributed by atoms with Crippen LogP contribution >= 0.6 is 0 Å². The lowest BCUT2D eigenvalue weighted by atomic mass is 9.98. The van der Waals surface area contributed by atoms with Crippen molar-refractivity contribution in [3.8, 4) is 0 Å². The van der Waals surface area contributed by atoms with Crippen LogP contribution in [-0.4, -0.2) is 11.7 Å². The maximum Gasteiger partial charge on any atom is 0.232 e. The number of ketones is 1. The molecule has 15 heavy (non-hydrogen) atoms. The van der Waals surface area contributed by atoms with Crippen LogP contribution in [0.4, 0.5) is 0 Å². The molecule has 0 saturated heterocycles. The zero-order valence-corrected chi connectivity index (χ0v) is 8.36. The molecule has 1 aliphatic carbocycles. The average molecular weight is 201 g/mol. The van der Waals surface area contributed by atoms with E-state index in [-0.39, 0.29) is 5.78 Å². The van der Waals surface area contributed by atoms with Crippen LogP contribution in [0.1, 0.15) is 22.8 Å². The molecular weight excluding hydrogens is 190 g/mol. The van der Waals surface area contributed by atoms with Gasteiger partial charge in [-0.3, -0.25) is 9.59 Å². The number of carbonyl (C=O) groups excluding carboxylic acids is 2. The van der Waals surface area contributed by atoms with Crippen LogP contribution in [0.5, 0.6) is 0 Å². The SMILES string of the molecule is C/C=C1\c2ccccc2C(=O)[C@H]1C(N)=O. The van der Waals surface area contributed by atoms with E-state index in [2.05, 4.69) is 0 Å². The van der Waals surface area contributed by atoms with E-state index in [0.29, 0.717) is 5.56 Å². The molecule has 1 amide bonds. The van der Waals surface area contributed by atoms with Crippen LogP contribution in [0, 0.1) is 5.92 Å². The summed E-state index contributed by atoms with van der Waals surface area (Å²) in [6, 6.07) is 7.20. The molecule has 3 nitrogen and oxygen atoms in total. The van der Waals surface area contributed by atoms with Crippen molar-refractivity contribution in [2.45, 2.75) is 6.92 Å². The van der Waals surface area contributed by atoms with Gasteiger partial charge in [-0.05, 0) is 18.1 Å². The normalized spacial score (nSPS) is 21.8. The Kier molecular flexibility index (Phi) is 2.15. The van der Waals surface area contributed by atoms with E-state index in [1.165, 1.54) is 0 Å². The lowest BCUT2D eigenvalue weighted by molar-refractivity contribution is -0.118. The fourth-order valence-electron chi connectivity index (χ4n) is 2.01. The Labute approximate surface area is 87.6 Å². The lowest BCUT2D eigenvalue weighted by Crippen LogP contribution is -2.27. The number of nitrogens with two attached hydrogens (primary N) is 1. The molecule has 0 unspecified atom stereocenters. The molecule has 0 aromatic heterocycles. The number of allylic oxidation sites excluding steroid dienone is 1. The maximum absolute atomic E-state index is 11.9. The highest BCUT2D eigenvalue weighted by Gasteiger charge is 2.37. The van der Waals surface area contributed by atoms with Gasteiger partial charge in [-0.2, -0.15) is 0 Å². The van der Waals surface area contributed by atoms with Gasteiger partial charge in [0.2, 0.25) is 5.91 Å². The Morgan fingerprint density at radius 2 is 1.93 bits per heavy atom. The van der Waals surface area contributed by atoms with Gasteiger partial charge in [-0.1, -0.05) is 30.3 Å². The number of hydrogen-bond donors (Lipinski definition) is 1. The molecule has 0 bridgehead atoms. The van der Waals surface area contributed by atoms with Crippen LogP contribution in [0.15, 0.2) is 30.3 Å². The van der Waals surface area contributed by atoms with Crippen molar-refractivity contribution in [2.24, 2.45) is 11.7 Å². The lowest BCUT2D eigenvalue weighted by Gasteiger charge is -2.05. The summed E-state index contributed by atoms with van der Waals surface area (Å²) in [5.74, 6) is -1.57. The van der Waals surface area contributed by atoms with Crippen molar-refractivity contribution in [1.29, 1.82) is 0 Å². The summed E-state index contributed by atoms with van der Waals surface area (Å²) in [4.78, 5) is 23.1. The third-order valence-electron chi connectivity index (χ3n) is 2.67. The van der Waals surface area contributed by atoms with E-state index in [1.54, 1.807) is 25.1 Å². The molecule has 0 saturated carbocycles. The largest absolute Gasteiger partial charge is 0.369 e. The number of amides is 1. The van der Waals surface area contributed by atoms with Gasteiger partial charge in [-0.15, -0.1) is 0 Å². The van der Waals surface area contributed by atoms with Crippen molar-refractivity contribution in [2.75, 3.05) is 0 Å². The summed E-state index contributed by atoms with van der Waals surface area (Å²) in [6.45, 7) is 1.81. The number of hydrogen-bond acceptors (Lipinski definition) is 2. The fourth-order valence-corrected chi connectivity index (χ4v) is 2.01. The Hall–Kier alpha value is -1.90. The first-order valence-corrected chi connectivity index (χ1v) is 4.76. The predicted octanol–water partition coefficient (Wildman–Crippen LogP) is 1.39. The molecule has 2 rings (SSSR count). The molecule has 1 aromatic rings. The van der Waals surface area contributed by atoms with E-state index < -0.39 is 11.8 Å². The first-order chi connectivity index (χ1) is 7.16. The van der Waals surface area contributed by atoms with Crippen LogP contribution in [0.3, 0.4) is 0 Å². The van der Waals surface area contributed by atoms with Crippen LogP contribution in [-0.2, 0) is 4.79 Å². The Bertz CT molecular complexity index is 474. The number of benzene rings is 1. The van der Waals surface area contributed by atoms with Gasteiger partial charge in [0.05, 0.1) is 0 Å². The Morgan fingerprint density at radius 3 is 2.47 bits per heavy atom. The van der Waals surface area contributed by atoms with Crippen LogP contribution in [0.2, 0.25) is 0 Å². The number of rotatable bonds is 1. The van der Waals surface area contributed by atoms with Crippen molar-refractivity contribution < 1.29 is 9.59 Å². The third kappa shape index (κ3) is 1.28. The van der Waals surface area contributed by atoms with Crippen LogP contribution in [0.25, 0.3) is 5.57 Å². The van der Waals surface area contributed by atoms with E-state index in [9.17, 15) is 9.59 Å². The van der Waals surface area contributed by atoms with E-state index in [4.69, 9.17) is 5.73 Å². The summed E-state index contributed by atoms with van der Waals surface area (Å²) in [6.07, 6.45) is 1.78. The zero-order chi connectivity index (χ0) is 11.0. The van der Waals surface area contributed by atoms with Crippen molar-refractivity contribution >= 4 is 17.3 Å². The third-order valence-corrected chi connectivity index (χ3v) is 2.67. The molecule has 1 aromatic carbocycles. The molecule has 0 radical (unpaired) electrons. The van der Waals surface area contributed by atoms with Gasteiger partial charge in [-0.25, -0.2) is 0 Å². The molecule has 1 atom stereocenters. The van der Waals surface area contributed by atoms with Crippen molar-refractivity contribution in [3.63, 3.8) is 0 Å². The molecule has 0 heterocycles. The van der Waals surface area contributed by atoms with Crippen molar-refractivity contribution in [1.82, 2.24) is 0 Å². The summed E-state index contributed by atoms with van der Waals surface area (Å²) in [7, 11) is 0. The van der Waals surface area contributed by atoms with Crippen molar-refractivity contribution in [3.05, 3.63) is 41.5 Å². The minimum Gasteiger partial charge on any atom is -0.369 e. The molecule has 0 aliphatic heterocycles. The van der Waals surface area contributed by atoms with Gasteiger partial charge in [0.1, 0.15) is 5.92 Å². The molecule has 0 fully saturated rings. The van der Waals surface area contributed by atoms with Gasteiger partial charge < -0.3 is 5.73 Å². The summed E-state index contributed by atoms with van der Waals surface area (Å²) >= 11 is 0. The average Bonchev–Trinajstić information content (AvgIpc) is 2.52. The second kappa shape index (κ2) is 3.35. The molecule has 76 valence electrons. The first-order valence-electron chi connectivity index (χ1n) is 4.76. The highest BCUT2D eigenvalue weighted by Crippen LogP contribution is 2.36. The maximum atomic E-state index is 11.9. The minimum atomic E-state index is -0.799. The van der Waals surface area contributed by atoms with Gasteiger partial charge >= 0.3 is 0 Å².